The highest BCUT2D eigenvalue weighted by Gasteiger charge is 2.53. The van der Waals surface area contributed by atoms with E-state index >= 15 is 0 Å². The standard InChI is InChI=1S/C54H56O29/c55-25-7-5-24(6-8-25)50-34(17-27-32(77-50)15-26(56)16-33(27)78-52-48(72)45(69)43(67)36(80-52)21-76-41(65)18-38(61)62)79-54-51(47(71)44(68)37(82-54)20-75-40(64)12-4-23-2-10-29(58)31(60)14-23)83-53-49(73)46(70)42(66)35(81-53)19-74-39(63)11-3-22-1-9-28(57)30(59)13-22/h1-16,35-37,42-49,51-60,66-73H,17-21H2,(H,61,62)/b11-3+,12-4+/t35-,36-,37-,42-,43-,44-,45+,46+,47+,48-,49-,51-,52-,53+,54-/m1/s1. The van der Waals surface area contributed by atoms with Crippen LogP contribution in [0.3, 0.4) is 0 Å². The first-order chi connectivity index (χ1) is 39.4. The summed E-state index contributed by atoms with van der Waals surface area (Å²) < 4.78 is 57.8. The summed E-state index contributed by atoms with van der Waals surface area (Å²) in [6.45, 7) is -2.46. The lowest BCUT2D eigenvalue weighted by molar-refractivity contribution is -0.363. The lowest BCUT2D eigenvalue weighted by atomic mass is 9.97. The summed E-state index contributed by atoms with van der Waals surface area (Å²) in [6.07, 6.45) is -26.9. The smallest absolute Gasteiger partial charge is 0.330 e. The number of aliphatic hydroxyl groups is 8. The molecule has 0 amide bonds. The van der Waals surface area contributed by atoms with E-state index in [4.69, 9.17) is 52.5 Å². The van der Waals surface area contributed by atoms with Gasteiger partial charge in [0.2, 0.25) is 12.6 Å². The van der Waals surface area contributed by atoms with E-state index in [0.29, 0.717) is 0 Å². The van der Waals surface area contributed by atoms with Crippen LogP contribution in [0.2, 0.25) is 0 Å². The number of allylic oxidation sites excluding steroid dienone is 1. The maximum absolute atomic E-state index is 13.0. The average Bonchev–Trinajstić information content (AvgIpc) is 2.98. The Balaban J connectivity index is 1.09. The van der Waals surface area contributed by atoms with Gasteiger partial charge in [0.25, 0.3) is 0 Å². The summed E-state index contributed by atoms with van der Waals surface area (Å²) in [5, 5.41) is 158. The number of carbonyl (C=O) groups is 4. The zero-order chi connectivity index (χ0) is 60.0. The van der Waals surface area contributed by atoms with Gasteiger partial charge in [-0.15, -0.1) is 0 Å². The van der Waals surface area contributed by atoms with Gasteiger partial charge in [-0.05, 0) is 71.8 Å². The molecule has 29 nitrogen and oxygen atoms in total. The lowest BCUT2D eigenvalue weighted by Gasteiger charge is -2.46. The number of carbonyl (C=O) groups excluding carboxylic acids is 3. The molecule has 0 spiro atoms. The van der Waals surface area contributed by atoms with E-state index in [-0.39, 0.29) is 51.0 Å². The third kappa shape index (κ3) is 14.7. The van der Waals surface area contributed by atoms with Crippen molar-refractivity contribution in [1.29, 1.82) is 0 Å². The summed E-state index contributed by atoms with van der Waals surface area (Å²) in [4.78, 5) is 48.8. The topological polar surface area (TPSA) is 464 Å². The molecule has 4 heterocycles. The molecule has 15 N–H and O–H groups in total. The molecule has 8 rings (SSSR count). The van der Waals surface area contributed by atoms with Crippen molar-refractivity contribution in [3.63, 3.8) is 0 Å². The zero-order valence-corrected chi connectivity index (χ0v) is 42.9. The van der Waals surface area contributed by atoms with E-state index in [0.717, 1.165) is 48.6 Å². The second-order valence-corrected chi connectivity index (χ2v) is 19.1. The molecular formula is C54H56O29. The van der Waals surface area contributed by atoms with Crippen molar-refractivity contribution < 1.29 is 143 Å². The molecule has 4 aromatic rings. The van der Waals surface area contributed by atoms with Gasteiger partial charge < -0.3 is 124 Å². The fraction of sp³-hybridized carbons (Fsp3) is 0.370. The van der Waals surface area contributed by atoms with Crippen LogP contribution in [0.4, 0.5) is 0 Å². The van der Waals surface area contributed by atoms with Crippen LogP contribution < -0.4 is 9.47 Å². The van der Waals surface area contributed by atoms with Crippen LogP contribution in [0, 0.1) is 0 Å². The molecule has 4 aromatic carbocycles. The van der Waals surface area contributed by atoms with Crippen LogP contribution in [-0.2, 0) is 63.5 Å². The van der Waals surface area contributed by atoms with E-state index in [2.05, 4.69) is 0 Å². The summed E-state index contributed by atoms with van der Waals surface area (Å²) in [5.74, 6) is -8.41. The van der Waals surface area contributed by atoms with Crippen molar-refractivity contribution in [2.75, 3.05) is 19.8 Å². The van der Waals surface area contributed by atoms with E-state index in [9.17, 15) is 90.7 Å². The third-order valence-corrected chi connectivity index (χ3v) is 13.2. The summed E-state index contributed by atoms with van der Waals surface area (Å²) >= 11 is 0. The lowest BCUT2D eigenvalue weighted by Crippen LogP contribution is -2.64. The van der Waals surface area contributed by atoms with Gasteiger partial charge in [0, 0.05) is 41.8 Å². The molecule has 83 heavy (non-hydrogen) atoms. The van der Waals surface area contributed by atoms with Gasteiger partial charge in [0.1, 0.15) is 122 Å². The molecule has 0 aliphatic carbocycles. The first-order valence-corrected chi connectivity index (χ1v) is 25.0. The van der Waals surface area contributed by atoms with Crippen LogP contribution in [0.5, 0.6) is 46.0 Å². The minimum Gasteiger partial charge on any atom is -0.508 e. The van der Waals surface area contributed by atoms with Crippen molar-refractivity contribution >= 4 is 41.8 Å². The number of hydrogen-bond acceptors (Lipinski definition) is 28. The highest BCUT2D eigenvalue weighted by molar-refractivity contribution is 5.90. The van der Waals surface area contributed by atoms with Crippen molar-refractivity contribution in [1.82, 2.24) is 0 Å². The Morgan fingerprint density at radius 3 is 1.57 bits per heavy atom. The second kappa shape index (κ2) is 26.3. The third-order valence-electron chi connectivity index (χ3n) is 13.2. The first kappa shape index (κ1) is 60.8. The van der Waals surface area contributed by atoms with Crippen LogP contribution in [0.15, 0.2) is 90.7 Å². The Morgan fingerprint density at radius 1 is 0.518 bits per heavy atom. The Kier molecular flexibility index (Phi) is 19.3. The molecule has 15 atom stereocenters. The average molecular weight is 1170 g/mol. The highest BCUT2D eigenvalue weighted by atomic mass is 16.8. The summed E-state index contributed by atoms with van der Waals surface area (Å²) in [6, 6.07) is 14.7. The molecule has 4 aliphatic heterocycles. The van der Waals surface area contributed by atoms with Crippen molar-refractivity contribution in [2.45, 2.75) is 105 Å². The largest absolute Gasteiger partial charge is 0.508 e. The number of rotatable bonds is 19. The van der Waals surface area contributed by atoms with Gasteiger partial charge in [0.15, 0.2) is 41.2 Å². The van der Waals surface area contributed by atoms with E-state index in [1.165, 1.54) is 48.6 Å². The molecule has 0 saturated carbocycles. The summed E-state index contributed by atoms with van der Waals surface area (Å²) in [7, 11) is 0. The number of hydrogen-bond donors (Lipinski definition) is 15. The zero-order valence-electron chi connectivity index (χ0n) is 42.9. The monoisotopic (exact) mass is 1170 g/mol. The van der Waals surface area contributed by atoms with Gasteiger partial charge >= 0.3 is 23.9 Å². The fourth-order valence-corrected chi connectivity index (χ4v) is 8.72. The van der Waals surface area contributed by atoms with Gasteiger partial charge in [-0.25, -0.2) is 9.59 Å². The Labute approximate surface area is 467 Å². The predicted molar refractivity (Wildman–Crippen MR) is 271 cm³/mol. The van der Waals surface area contributed by atoms with Crippen LogP contribution in [0.25, 0.3) is 17.9 Å². The molecule has 0 unspecified atom stereocenters. The van der Waals surface area contributed by atoms with E-state index in [1.807, 2.05) is 0 Å². The van der Waals surface area contributed by atoms with Crippen LogP contribution >= 0.6 is 0 Å². The van der Waals surface area contributed by atoms with Gasteiger partial charge in [-0.3, -0.25) is 9.59 Å². The molecule has 3 fully saturated rings. The Hall–Kier alpha value is -8.30. The van der Waals surface area contributed by atoms with Crippen molar-refractivity contribution in [3.05, 3.63) is 113 Å². The summed E-state index contributed by atoms with van der Waals surface area (Å²) in [5.41, 5.74) is 0.638. The fourth-order valence-electron chi connectivity index (χ4n) is 8.72. The van der Waals surface area contributed by atoms with E-state index in [1.54, 1.807) is 0 Å². The molecular weight excluding hydrogens is 1110 g/mol. The number of benzene rings is 4. The van der Waals surface area contributed by atoms with Crippen molar-refractivity contribution in [3.8, 4) is 46.0 Å². The number of aliphatic carboxylic acids is 1. The predicted octanol–water partition coefficient (Wildman–Crippen LogP) is -1.40. The first-order valence-electron chi connectivity index (χ1n) is 25.0. The number of aromatic hydroxyl groups is 6. The molecule has 29 heteroatoms. The number of esters is 3. The molecule has 0 radical (unpaired) electrons. The number of carboxylic acid groups (broad SMARTS) is 1. The Bertz CT molecular complexity index is 3090. The number of fused-ring (bicyclic) bond motifs is 1. The molecule has 446 valence electrons. The molecule has 0 aromatic heterocycles. The molecule has 3 saturated heterocycles. The highest BCUT2D eigenvalue weighted by Crippen LogP contribution is 2.45. The SMILES string of the molecule is O=C(O)CC(=O)OC[C@H]1O[C@@H](Oc2cc(O)cc3c2CC(O[C@@H]2O[C@H](COC(=O)/C=C/c4ccc(O)c(O)c4)[C@@H](O)[C@H](O)[C@H]2O[C@@H]2O[C@H](COC(=O)/C=C/c4ccc(O)c(O)c4)[C@@H](O)[C@H](O)[C@H]2O)=C(c2ccc(O)cc2)O3)[C@H](O)[C@@H](O)[C@@H]1O. The number of phenols is 6. The number of ether oxygens (including phenoxy) is 10. The minimum absolute atomic E-state index is 0.0363. The second-order valence-electron chi connectivity index (χ2n) is 19.1. The minimum atomic E-state index is -2.18. The number of carboxylic acids is 1. The quantitative estimate of drug-likeness (QED) is 0.0169. The normalized spacial score (nSPS) is 28.9. The Morgan fingerprint density at radius 2 is 1.02 bits per heavy atom. The maximum Gasteiger partial charge on any atom is 0.330 e. The van der Waals surface area contributed by atoms with Gasteiger partial charge in [0.05, 0.1) is 0 Å². The van der Waals surface area contributed by atoms with Gasteiger partial charge in [-0.1, -0.05) is 12.1 Å². The number of aliphatic hydroxyl groups excluding tert-OH is 8. The molecule has 4 aliphatic rings. The number of phenolic OH excluding ortho intramolecular Hbond substituents is 6. The van der Waals surface area contributed by atoms with Crippen LogP contribution in [-0.4, -0.2) is 212 Å². The van der Waals surface area contributed by atoms with E-state index < -0.39 is 177 Å². The van der Waals surface area contributed by atoms with Crippen molar-refractivity contribution in [2.24, 2.45) is 0 Å². The maximum atomic E-state index is 13.0. The molecule has 0 bridgehead atoms. The van der Waals surface area contributed by atoms with Gasteiger partial charge in [-0.2, -0.15) is 0 Å². The van der Waals surface area contributed by atoms with Crippen LogP contribution in [0.1, 0.15) is 28.7 Å².